The van der Waals surface area contributed by atoms with Crippen LogP contribution in [0, 0.1) is 11.7 Å². The average Bonchev–Trinajstić information content (AvgIpc) is 3.22. The van der Waals surface area contributed by atoms with Gasteiger partial charge in [0.1, 0.15) is 19.0 Å². The molecule has 2 aromatic carbocycles. The topological polar surface area (TPSA) is 78.3 Å². The first kappa shape index (κ1) is 18.9. The molecule has 29 heavy (non-hydrogen) atoms. The van der Waals surface area contributed by atoms with Gasteiger partial charge in [-0.1, -0.05) is 31.2 Å². The fraction of sp³-hybridized carbons (Fsp3) is 0.286. The highest BCUT2D eigenvalue weighted by Gasteiger charge is 2.21. The van der Waals surface area contributed by atoms with E-state index in [1.807, 2.05) is 19.9 Å². The zero-order chi connectivity index (χ0) is 20.4. The van der Waals surface area contributed by atoms with Crippen molar-refractivity contribution in [2.24, 2.45) is 5.92 Å². The van der Waals surface area contributed by atoms with E-state index < -0.39 is 0 Å². The molecule has 1 N–H and O–H groups in total. The van der Waals surface area contributed by atoms with Crippen molar-refractivity contribution in [2.45, 2.75) is 19.9 Å². The Labute approximate surface area is 167 Å². The molecule has 1 aliphatic heterocycles. The third kappa shape index (κ3) is 4.06. The first-order valence-corrected chi connectivity index (χ1v) is 9.40. The SMILES string of the molecule is CC(C)[C@H](NC(=O)c1cn(-c2ccc3c(c2)OCCO3)nn1)c1ccc(F)cc1. The van der Waals surface area contributed by atoms with Crippen molar-refractivity contribution in [3.8, 4) is 17.2 Å². The van der Waals surface area contributed by atoms with Gasteiger partial charge in [0.05, 0.1) is 17.9 Å². The molecule has 0 fully saturated rings. The number of aromatic nitrogens is 3. The molecule has 1 atom stereocenters. The molecule has 0 bridgehead atoms. The van der Waals surface area contributed by atoms with Crippen LogP contribution in [0.3, 0.4) is 0 Å². The van der Waals surface area contributed by atoms with Crippen molar-refractivity contribution < 1.29 is 18.7 Å². The molecule has 1 aliphatic rings. The van der Waals surface area contributed by atoms with Crippen LogP contribution in [0.4, 0.5) is 4.39 Å². The molecule has 0 spiro atoms. The number of hydrogen-bond donors (Lipinski definition) is 1. The predicted octanol–water partition coefficient (Wildman–Crippen LogP) is 3.30. The van der Waals surface area contributed by atoms with Crippen LogP contribution in [0.25, 0.3) is 5.69 Å². The highest BCUT2D eigenvalue weighted by molar-refractivity contribution is 5.92. The number of benzene rings is 2. The fourth-order valence-electron chi connectivity index (χ4n) is 3.19. The monoisotopic (exact) mass is 396 g/mol. The number of ether oxygens (including phenoxy) is 2. The van der Waals surface area contributed by atoms with Gasteiger partial charge in [-0.2, -0.15) is 0 Å². The average molecular weight is 396 g/mol. The van der Waals surface area contributed by atoms with Gasteiger partial charge < -0.3 is 14.8 Å². The number of nitrogens with zero attached hydrogens (tertiary/aromatic N) is 3. The summed E-state index contributed by atoms with van der Waals surface area (Å²) in [7, 11) is 0. The summed E-state index contributed by atoms with van der Waals surface area (Å²) in [6.45, 7) is 4.98. The molecule has 4 rings (SSSR count). The van der Waals surface area contributed by atoms with E-state index in [1.54, 1.807) is 30.5 Å². The normalized spacial score (nSPS) is 13.9. The van der Waals surface area contributed by atoms with Crippen molar-refractivity contribution in [3.05, 3.63) is 65.7 Å². The van der Waals surface area contributed by atoms with Crippen LogP contribution in [0.5, 0.6) is 11.5 Å². The highest BCUT2D eigenvalue weighted by Crippen LogP contribution is 2.31. The lowest BCUT2D eigenvalue weighted by Crippen LogP contribution is -2.32. The van der Waals surface area contributed by atoms with E-state index in [9.17, 15) is 9.18 Å². The minimum absolute atomic E-state index is 0.109. The number of carbonyl (C=O) groups is 1. The maximum Gasteiger partial charge on any atom is 0.273 e. The van der Waals surface area contributed by atoms with Gasteiger partial charge in [0, 0.05) is 6.07 Å². The quantitative estimate of drug-likeness (QED) is 0.716. The first-order chi connectivity index (χ1) is 14.0. The Morgan fingerprint density at radius 2 is 1.83 bits per heavy atom. The largest absolute Gasteiger partial charge is 0.486 e. The Balaban J connectivity index is 1.52. The number of hydrogen-bond acceptors (Lipinski definition) is 5. The standard InChI is InChI=1S/C21H21FN4O3/c1-13(2)20(14-3-5-15(22)6-4-14)23-21(27)17-12-26(25-24-17)16-7-8-18-19(11-16)29-10-9-28-18/h3-8,11-13,20H,9-10H2,1-2H3,(H,23,27)/t20-/m0/s1. The molecule has 3 aromatic rings. The Morgan fingerprint density at radius 3 is 2.55 bits per heavy atom. The van der Waals surface area contributed by atoms with Gasteiger partial charge >= 0.3 is 0 Å². The van der Waals surface area contributed by atoms with E-state index in [2.05, 4.69) is 15.6 Å². The van der Waals surface area contributed by atoms with Gasteiger partial charge in [-0.15, -0.1) is 5.10 Å². The molecule has 150 valence electrons. The Bertz CT molecular complexity index is 1020. The van der Waals surface area contributed by atoms with Crippen LogP contribution in [-0.2, 0) is 0 Å². The van der Waals surface area contributed by atoms with Crippen LogP contribution in [0.2, 0.25) is 0 Å². The number of fused-ring (bicyclic) bond motifs is 1. The minimum Gasteiger partial charge on any atom is -0.486 e. The molecular weight excluding hydrogens is 375 g/mol. The highest BCUT2D eigenvalue weighted by atomic mass is 19.1. The molecule has 0 saturated heterocycles. The summed E-state index contributed by atoms with van der Waals surface area (Å²) in [6, 6.07) is 11.2. The summed E-state index contributed by atoms with van der Waals surface area (Å²) in [4.78, 5) is 12.7. The molecule has 0 unspecified atom stereocenters. The van der Waals surface area contributed by atoms with Gasteiger partial charge in [0.2, 0.25) is 0 Å². The second-order valence-corrected chi connectivity index (χ2v) is 7.12. The molecular formula is C21H21FN4O3. The number of nitrogens with one attached hydrogen (secondary N) is 1. The maximum absolute atomic E-state index is 13.2. The second-order valence-electron chi connectivity index (χ2n) is 7.12. The summed E-state index contributed by atoms with van der Waals surface area (Å²) in [5.41, 5.74) is 1.72. The van der Waals surface area contributed by atoms with Crippen LogP contribution in [0.1, 0.15) is 35.9 Å². The molecule has 2 heterocycles. The smallest absolute Gasteiger partial charge is 0.273 e. The fourth-order valence-corrected chi connectivity index (χ4v) is 3.19. The number of rotatable bonds is 5. The lowest BCUT2D eigenvalue weighted by Gasteiger charge is -2.22. The maximum atomic E-state index is 13.2. The van der Waals surface area contributed by atoms with E-state index in [0.29, 0.717) is 30.4 Å². The first-order valence-electron chi connectivity index (χ1n) is 9.40. The van der Waals surface area contributed by atoms with E-state index >= 15 is 0 Å². The summed E-state index contributed by atoms with van der Waals surface area (Å²) in [5, 5.41) is 11.0. The molecule has 1 amide bonds. The molecule has 0 aliphatic carbocycles. The van der Waals surface area contributed by atoms with E-state index in [0.717, 1.165) is 5.56 Å². The van der Waals surface area contributed by atoms with Gasteiger partial charge in [-0.25, -0.2) is 9.07 Å². The van der Waals surface area contributed by atoms with Crippen LogP contribution >= 0.6 is 0 Å². The van der Waals surface area contributed by atoms with Crippen molar-refractivity contribution in [1.82, 2.24) is 20.3 Å². The van der Waals surface area contributed by atoms with Crippen LogP contribution in [0.15, 0.2) is 48.7 Å². The summed E-state index contributed by atoms with van der Waals surface area (Å²) < 4.78 is 25.8. The number of amides is 1. The molecule has 1 aromatic heterocycles. The third-order valence-electron chi connectivity index (χ3n) is 4.70. The van der Waals surface area contributed by atoms with Crippen LogP contribution in [-0.4, -0.2) is 34.1 Å². The van der Waals surface area contributed by atoms with Gasteiger partial charge in [0.15, 0.2) is 17.2 Å². The summed E-state index contributed by atoms with van der Waals surface area (Å²) in [6.07, 6.45) is 1.56. The zero-order valence-electron chi connectivity index (χ0n) is 16.1. The van der Waals surface area contributed by atoms with Crippen molar-refractivity contribution in [1.29, 1.82) is 0 Å². The third-order valence-corrected chi connectivity index (χ3v) is 4.70. The predicted molar refractivity (Wildman–Crippen MR) is 104 cm³/mol. The van der Waals surface area contributed by atoms with Crippen molar-refractivity contribution in [3.63, 3.8) is 0 Å². The number of carbonyl (C=O) groups excluding carboxylic acids is 1. The Morgan fingerprint density at radius 1 is 1.10 bits per heavy atom. The van der Waals surface area contributed by atoms with Gasteiger partial charge in [-0.3, -0.25) is 4.79 Å². The molecule has 8 heteroatoms. The van der Waals surface area contributed by atoms with Gasteiger partial charge in [0.25, 0.3) is 5.91 Å². The second kappa shape index (κ2) is 7.90. The minimum atomic E-state index is -0.350. The van der Waals surface area contributed by atoms with E-state index in [4.69, 9.17) is 9.47 Å². The number of halogens is 1. The van der Waals surface area contributed by atoms with Crippen molar-refractivity contribution >= 4 is 5.91 Å². The molecule has 0 saturated carbocycles. The lowest BCUT2D eigenvalue weighted by atomic mass is 9.96. The Kier molecular flexibility index (Phi) is 5.16. The Hall–Kier alpha value is -3.42. The summed E-state index contributed by atoms with van der Waals surface area (Å²) in [5.74, 6) is 0.752. The summed E-state index contributed by atoms with van der Waals surface area (Å²) >= 11 is 0. The van der Waals surface area contributed by atoms with Crippen molar-refractivity contribution in [2.75, 3.05) is 13.2 Å². The van der Waals surface area contributed by atoms with Crippen LogP contribution < -0.4 is 14.8 Å². The molecule has 0 radical (unpaired) electrons. The van der Waals surface area contributed by atoms with E-state index in [1.165, 1.54) is 16.8 Å². The lowest BCUT2D eigenvalue weighted by molar-refractivity contribution is 0.0920. The molecule has 7 nitrogen and oxygen atoms in total. The van der Waals surface area contributed by atoms with E-state index in [-0.39, 0.29) is 29.4 Å². The zero-order valence-corrected chi connectivity index (χ0v) is 16.1. The van der Waals surface area contributed by atoms with Gasteiger partial charge in [-0.05, 0) is 35.7 Å².